The van der Waals surface area contributed by atoms with Gasteiger partial charge in [-0.05, 0) is 19.1 Å². The molecule has 0 bridgehead atoms. The minimum atomic E-state index is -3.81. The van der Waals surface area contributed by atoms with Crippen LogP contribution in [0.1, 0.15) is 29.8 Å². The first kappa shape index (κ1) is 14.8. The number of aromatic carboxylic acids is 1. The number of thiazole rings is 1. The molecule has 1 aromatic rings. The first-order chi connectivity index (χ1) is 8.95. The van der Waals surface area contributed by atoms with E-state index in [2.05, 4.69) is 9.71 Å². The fraction of sp³-hybridized carbons (Fsp3) is 0.600. The van der Waals surface area contributed by atoms with Crippen LogP contribution in [-0.2, 0) is 10.0 Å². The van der Waals surface area contributed by atoms with Crippen LogP contribution in [0.25, 0.3) is 0 Å². The normalized spacial score (nSPS) is 23.6. The van der Waals surface area contributed by atoms with Crippen LogP contribution in [0.3, 0.4) is 0 Å². The van der Waals surface area contributed by atoms with Gasteiger partial charge in [0.25, 0.3) is 10.0 Å². The second-order valence-electron chi connectivity index (χ2n) is 4.23. The van der Waals surface area contributed by atoms with E-state index >= 15 is 0 Å². The predicted octanol–water partition coefficient (Wildman–Crippen LogP) is 1.40. The van der Waals surface area contributed by atoms with E-state index in [0.29, 0.717) is 0 Å². The summed E-state index contributed by atoms with van der Waals surface area (Å²) in [6, 6.07) is -0.135. The van der Waals surface area contributed by atoms with Gasteiger partial charge in [-0.2, -0.15) is 11.8 Å². The molecule has 1 saturated carbocycles. The zero-order valence-corrected chi connectivity index (χ0v) is 12.6. The van der Waals surface area contributed by atoms with Gasteiger partial charge in [0.05, 0.1) is 5.51 Å². The Morgan fingerprint density at radius 2 is 2.32 bits per heavy atom. The topological polar surface area (TPSA) is 96.4 Å². The maximum atomic E-state index is 12.2. The first-order valence-electron chi connectivity index (χ1n) is 5.67. The highest BCUT2D eigenvalue weighted by atomic mass is 32.2. The molecule has 2 N–H and O–H groups in total. The van der Waals surface area contributed by atoms with Gasteiger partial charge in [0, 0.05) is 11.3 Å². The number of hydrogen-bond donors (Lipinski definition) is 2. The molecule has 1 fully saturated rings. The van der Waals surface area contributed by atoms with Crippen LogP contribution in [0.4, 0.5) is 0 Å². The lowest BCUT2D eigenvalue weighted by Gasteiger charge is -2.18. The molecule has 2 atom stereocenters. The highest BCUT2D eigenvalue weighted by Gasteiger charge is 2.33. The molecular formula is C10H14N2O4S3. The summed E-state index contributed by atoms with van der Waals surface area (Å²) in [5.74, 6) is -1.32. The Bertz CT molecular complexity index is 569. The Morgan fingerprint density at radius 1 is 1.58 bits per heavy atom. The van der Waals surface area contributed by atoms with Crippen LogP contribution in [0.2, 0.25) is 0 Å². The Kier molecular flexibility index (Phi) is 4.49. The van der Waals surface area contributed by atoms with Crippen molar-refractivity contribution in [2.45, 2.75) is 34.8 Å². The predicted molar refractivity (Wildman–Crippen MR) is 74.3 cm³/mol. The molecule has 2 rings (SSSR count). The maximum absolute atomic E-state index is 12.2. The third-order valence-electron chi connectivity index (χ3n) is 3.04. The van der Waals surface area contributed by atoms with Crippen molar-refractivity contribution < 1.29 is 18.3 Å². The van der Waals surface area contributed by atoms with Gasteiger partial charge in [0.15, 0.2) is 9.90 Å². The van der Waals surface area contributed by atoms with Gasteiger partial charge < -0.3 is 5.11 Å². The third kappa shape index (κ3) is 3.10. The molecule has 0 aliphatic heterocycles. The van der Waals surface area contributed by atoms with E-state index < -0.39 is 21.7 Å². The number of carbonyl (C=O) groups is 1. The van der Waals surface area contributed by atoms with E-state index in [1.54, 1.807) is 11.8 Å². The fourth-order valence-corrected chi connectivity index (χ4v) is 5.65. The Balaban J connectivity index is 2.23. The van der Waals surface area contributed by atoms with Gasteiger partial charge in [0.2, 0.25) is 0 Å². The lowest BCUT2D eigenvalue weighted by Crippen LogP contribution is -2.38. The molecule has 1 aliphatic rings. The van der Waals surface area contributed by atoms with E-state index in [-0.39, 0.29) is 15.5 Å². The molecule has 1 aromatic heterocycles. The van der Waals surface area contributed by atoms with Crippen LogP contribution >= 0.6 is 23.1 Å². The van der Waals surface area contributed by atoms with Crippen molar-refractivity contribution in [3.63, 3.8) is 0 Å². The number of rotatable bonds is 5. The lowest BCUT2D eigenvalue weighted by atomic mass is 10.3. The summed E-state index contributed by atoms with van der Waals surface area (Å²) in [5.41, 5.74) is 0.829. The number of sulfonamides is 1. The van der Waals surface area contributed by atoms with Crippen LogP contribution < -0.4 is 4.72 Å². The van der Waals surface area contributed by atoms with E-state index in [4.69, 9.17) is 5.11 Å². The summed E-state index contributed by atoms with van der Waals surface area (Å²) in [4.78, 5) is 14.5. The average Bonchev–Trinajstić information content (AvgIpc) is 2.95. The molecule has 0 radical (unpaired) electrons. The van der Waals surface area contributed by atoms with Crippen LogP contribution in [0.15, 0.2) is 9.72 Å². The molecule has 19 heavy (non-hydrogen) atoms. The quantitative estimate of drug-likeness (QED) is 0.851. The van der Waals surface area contributed by atoms with E-state index in [9.17, 15) is 13.2 Å². The van der Waals surface area contributed by atoms with Gasteiger partial charge in [-0.3, -0.25) is 0 Å². The molecule has 0 saturated heterocycles. The molecular weight excluding hydrogens is 308 g/mol. The molecule has 0 amide bonds. The van der Waals surface area contributed by atoms with E-state index in [1.807, 2.05) is 6.26 Å². The highest BCUT2D eigenvalue weighted by molar-refractivity contribution is 7.99. The summed E-state index contributed by atoms with van der Waals surface area (Å²) in [6.07, 6.45) is 4.69. The summed E-state index contributed by atoms with van der Waals surface area (Å²) in [7, 11) is -3.81. The SMILES string of the molecule is CSC1CCCC1NS(=O)(=O)c1scnc1C(=O)O. The number of aromatic nitrogens is 1. The number of thioether (sulfide) groups is 1. The number of hydrogen-bond acceptors (Lipinski definition) is 6. The van der Waals surface area contributed by atoms with Crippen LogP contribution in [0.5, 0.6) is 0 Å². The zero-order valence-electron chi connectivity index (χ0n) is 10.2. The largest absolute Gasteiger partial charge is 0.476 e. The lowest BCUT2D eigenvalue weighted by molar-refractivity contribution is 0.0687. The molecule has 6 nitrogen and oxygen atoms in total. The number of nitrogens with one attached hydrogen (secondary N) is 1. The van der Waals surface area contributed by atoms with Gasteiger partial charge in [-0.25, -0.2) is 22.9 Å². The summed E-state index contributed by atoms with van der Waals surface area (Å²) in [5, 5.41) is 9.17. The highest BCUT2D eigenvalue weighted by Crippen LogP contribution is 2.30. The van der Waals surface area contributed by atoms with Gasteiger partial charge in [-0.1, -0.05) is 6.42 Å². The fourth-order valence-electron chi connectivity index (χ4n) is 2.16. The van der Waals surface area contributed by atoms with Crippen molar-refractivity contribution in [1.29, 1.82) is 0 Å². The monoisotopic (exact) mass is 322 g/mol. The smallest absolute Gasteiger partial charge is 0.356 e. The van der Waals surface area contributed by atoms with Gasteiger partial charge >= 0.3 is 5.97 Å². The van der Waals surface area contributed by atoms with Crippen molar-refractivity contribution >= 4 is 39.1 Å². The molecule has 2 unspecified atom stereocenters. The molecule has 1 heterocycles. The molecule has 0 spiro atoms. The van der Waals surface area contributed by atoms with Crippen molar-refractivity contribution in [1.82, 2.24) is 9.71 Å². The van der Waals surface area contributed by atoms with Gasteiger partial charge in [0.1, 0.15) is 0 Å². The summed E-state index contributed by atoms with van der Waals surface area (Å²) >= 11 is 2.46. The van der Waals surface area contributed by atoms with Crippen molar-refractivity contribution in [3.8, 4) is 0 Å². The van der Waals surface area contributed by atoms with Crippen molar-refractivity contribution in [2.75, 3.05) is 6.26 Å². The average molecular weight is 322 g/mol. The maximum Gasteiger partial charge on any atom is 0.356 e. The van der Waals surface area contributed by atoms with E-state index in [1.165, 1.54) is 5.51 Å². The Hall–Kier alpha value is -0.640. The second kappa shape index (κ2) is 5.78. The molecule has 1 aliphatic carbocycles. The zero-order chi connectivity index (χ0) is 14.0. The first-order valence-corrected chi connectivity index (χ1v) is 9.32. The Labute approximate surface area is 119 Å². The molecule has 9 heteroatoms. The molecule has 106 valence electrons. The minimum absolute atomic E-state index is 0.135. The minimum Gasteiger partial charge on any atom is -0.476 e. The number of carboxylic acids is 1. The Morgan fingerprint density at radius 3 is 2.95 bits per heavy atom. The summed E-state index contributed by atoms with van der Waals surface area (Å²) < 4.78 is 26.8. The van der Waals surface area contributed by atoms with E-state index in [0.717, 1.165) is 30.6 Å². The van der Waals surface area contributed by atoms with Crippen molar-refractivity contribution in [3.05, 3.63) is 11.2 Å². The second-order valence-corrected chi connectivity index (χ2v) is 8.07. The summed E-state index contributed by atoms with van der Waals surface area (Å²) in [6.45, 7) is 0. The number of carboxylic acid groups (broad SMARTS) is 1. The van der Waals surface area contributed by atoms with Crippen LogP contribution in [0, 0.1) is 0 Å². The van der Waals surface area contributed by atoms with Crippen LogP contribution in [-0.4, -0.2) is 42.0 Å². The number of nitrogens with zero attached hydrogens (tertiary/aromatic N) is 1. The molecule has 0 aromatic carbocycles. The standard InChI is InChI=1S/C10H14N2O4S3/c1-17-7-4-2-3-6(7)12-19(15,16)10-8(9(13)14)11-5-18-10/h5-7,12H,2-4H2,1H3,(H,13,14). The van der Waals surface area contributed by atoms with Gasteiger partial charge in [-0.15, -0.1) is 11.3 Å². The van der Waals surface area contributed by atoms with Crippen molar-refractivity contribution in [2.24, 2.45) is 0 Å². The third-order valence-corrected chi connectivity index (χ3v) is 7.07.